The number of rotatable bonds is 35. The molecule has 0 aliphatic carbocycles. The van der Waals surface area contributed by atoms with Gasteiger partial charge in [0.2, 0.25) is 5.91 Å². The minimum Gasteiger partial charge on any atom is -0.756 e. The van der Waals surface area contributed by atoms with Gasteiger partial charge in [-0.2, -0.15) is 0 Å². The van der Waals surface area contributed by atoms with Crippen LogP contribution in [0.25, 0.3) is 0 Å². The van der Waals surface area contributed by atoms with Gasteiger partial charge in [-0.1, -0.05) is 134 Å². The first kappa shape index (κ1) is 47.7. The van der Waals surface area contributed by atoms with Gasteiger partial charge in [0.25, 0.3) is 7.82 Å². The van der Waals surface area contributed by atoms with E-state index < -0.39 is 26.6 Å². The molecule has 0 aromatic carbocycles. The van der Waals surface area contributed by atoms with Crippen LogP contribution in [0.1, 0.15) is 162 Å². The summed E-state index contributed by atoms with van der Waals surface area (Å²) in [6, 6.07) is -0.903. The maximum Gasteiger partial charge on any atom is 0.268 e. The van der Waals surface area contributed by atoms with Crippen LogP contribution < -0.4 is 10.2 Å². The lowest BCUT2D eigenvalue weighted by Gasteiger charge is -2.29. The maximum absolute atomic E-state index is 12.8. The third-order valence-electron chi connectivity index (χ3n) is 8.57. The van der Waals surface area contributed by atoms with Gasteiger partial charge < -0.3 is 28.8 Å². The zero-order valence-electron chi connectivity index (χ0n) is 32.4. The number of carbonyl (C=O) groups is 1. The number of carbonyl (C=O) groups excluding carboxylic acids is 1. The Morgan fingerprint density at radius 3 is 1.65 bits per heavy atom. The first-order valence-corrected chi connectivity index (χ1v) is 21.3. The standard InChI is InChI=1S/C40H77N2O6P/c1-6-8-10-12-14-16-18-20-22-24-26-28-30-32-34-40(44)41-38(37-48-49(45,46)47-36-35-42(3,4)5)39(43)33-31-29-27-25-23-21-19-17-15-13-11-9-7-2/h18,20,23,25,31,33,38-39,43H,6-17,19,21-22,24,26-30,32,34-37H2,1-5H3,(H-,41,44,45,46)/b20-18+,25-23+,33-31+/t38-,39+/m0/s1. The summed E-state index contributed by atoms with van der Waals surface area (Å²) in [6.45, 7) is 4.57. The number of aliphatic hydroxyl groups excluding tert-OH is 1. The number of nitrogens with one attached hydrogen (secondary N) is 1. The van der Waals surface area contributed by atoms with E-state index >= 15 is 0 Å². The van der Waals surface area contributed by atoms with Gasteiger partial charge in [-0.05, 0) is 57.8 Å². The topological polar surface area (TPSA) is 108 Å². The van der Waals surface area contributed by atoms with E-state index in [0.717, 1.165) is 57.8 Å². The van der Waals surface area contributed by atoms with Crippen molar-refractivity contribution in [2.45, 2.75) is 174 Å². The fourth-order valence-electron chi connectivity index (χ4n) is 5.34. The van der Waals surface area contributed by atoms with Crippen LogP contribution in [0.2, 0.25) is 0 Å². The van der Waals surface area contributed by atoms with Crippen molar-refractivity contribution >= 4 is 13.7 Å². The molecule has 0 saturated carbocycles. The Morgan fingerprint density at radius 1 is 0.694 bits per heavy atom. The smallest absolute Gasteiger partial charge is 0.268 e. The van der Waals surface area contributed by atoms with Crippen molar-refractivity contribution in [1.82, 2.24) is 5.32 Å². The summed E-state index contributed by atoms with van der Waals surface area (Å²) in [4.78, 5) is 25.2. The molecule has 0 aromatic rings. The van der Waals surface area contributed by atoms with Gasteiger partial charge in [-0.25, -0.2) is 0 Å². The molecule has 0 aliphatic rings. The number of hydrogen-bond acceptors (Lipinski definition) is 6. The van der Waals surface area contributed by atoms with E-state index in [9.17, 15) is 19.4 Å². The van der Waals surface area contributed by atoms with Crippen LogP contribution in [0.5, 0.6) is 0 Å². The van der Waals surface area contributed by atoms with Crippen molar-refractivity contribution in [3.8, 4) is 0 Å². The zero-order valence-corrected chi connectivity index (χ0v) is 33.3. The Balaban J connectivity index is 4.59. The molecule has 0 radical (unpaired) electrons. The average Bonchev–Trinajstić information content (AvgIpc) is 3.04. The molecule has 0 spiro atoms. The average molecular weight is 713 g/mol. The molecule has 2 N–H and O–H groups in total. The van der Waals surface area contributed by atoms with Gasteiger partial charge in [-0.3, -0.25) is 9.36 Å². The van der Waals surface area contributed by atoms with E-state index in [1.807, 2.05) is 27.2 Å². The number of likely N-dealkylation sites (N-methyl/N-ethyl adjacent to an activating group) is 1. The molecular weight excluding hydrogens is 635 g/mol. The maximum atomic E-state index is 12.8. The summed E-state index contributed by atoms with van der Waals surface area (Å²) in [5.74, 6) is -0.220. The Morgan fingerprint density at radius 2 is 1.14 bits per heavy atom. The van der Waals surface area contributed by atoms with E-state index in [1.54, 1.807) is 6.08 Å². The highest BCUT2D eigenvalue weighted by Gasteiger charge is 2.23. The zero-order chi connectivity index (χ0) is 36.5. The Kier molecular flexibility index (Phi) is 31.8. The number of unbranched alkanes of at least 4 members (excludes halogenated alkanes) is 18. The predicted molar refractivity (Wildman–Crippen MR) is 205 cm³/mol. The van der Waals surface area contributed by atoms with E-state index in [2.05, 4.69) is 43.5 Å². The summed E-state index contributed by atoms with van der Waals surface area (Å²) >= 11 is 0. The van der Waals surface area contributed by atoms with Gasteiger partial charge in [0, 0.05) is 6.42 Å². The molecule has 0 aliphatic heterocycles. The second-order valence-corrected chi connectivity index (χ2v) is 16.0. The molecule has 1 amide bonds. The lowest BCUT2D eigenvalue weighted by atomic mass is 10.1. The Labute approximate surface area is 302 Å². The van der Waals surface area contributed by atoms with E-state index in [0.29, 0.717) is 17.4 Å². The number of amides is 1. The highest BCUT2D eigenvalue weighted by atomic mass is 31.2. The van der Waals surface area contributed by atoms with Crippen molar-refractivity contribution in [3.63, 3.8) is 0 Å². The second-order valence-electron chi connectivity index (χ2n) is 14.6. The molecule has 3 atom stereocenters. The quantitative estimate of drug-likeness (QED) is 0.0293. The number of nitrogens with zero attached hydrogens (tertiary/aromatic N) is 1. The van der Waals surface area contributed by atoms with Crippen LogP contribution in [0.3, 0.4) is 0 Å². The molecule has 0 bridgehead atoms. The molecule has 0 fully saturated rings. The highest BCUT2D eigenvalue weighted by molar-refractivity contribution is 7.45. The summed E-state index contributed by atoms with van der Waals surface area (Å²) in [6.07, 6.45) is 37.6. The first-order valence-electron chi connectivity index (χ1n) is 19.9. The lowest BCUT2D eigenvalue weighted by molar-refractivity contribution is -0.870. The van der Waals surface area contributed by atoms with E-state index in [1.165, 1.54) is 83.5 Å². The predicted octanol–water partition coefficient (Wildman–Crippen LogP) is 9.72. The minimum atomic E-state index is -4.59. The second kappa shape index (κ2) is 32.6. The lowest BCUT2D eigenvalue weighted by Crippen LogP contribution is -2.45. The van der Waals surface area contributed by atoms with Gasteiger partial charge >= 0.3 is 0 Å². The van der Waals surface area contributed by atoms with E-state index in [-0.39, 0.29) is 12.5 Å². The van der Waals surface area contributed by atoms with Gasteiger partial charge in [0.05, 0.1) is 39.9 Å². The van der Waals surface area contributed by atoms with Gasteiger partial charge in [0.15, 0.2) is 0 Å². The van der Waals surface area contributed by atoms with Crippen molar-refractivity contribution in [3.05, 3.63) is 36.5 Å². The Hall–Kier alpha value is -1.28. The minimum absolute atomic E-state index is 0.00829. The van der Waals surface area contributed by atoms with Crippen LogP contribution in [0.15, 0.2) is 36.5 Å². The van der Waals surface area contributed by atoms with Crippen LogP contribution in [-0.2, 0) is 18.4 Å². The summed E-state index contributed by atoms with van der Waals surface area (Å²) in [5, 5.41) is 13.7. The van der Waals surface area contributed by atoms with Crippen molar-refractivity contribution < 1.29 is 32.9 Å². The summed E-state index contributed by atoms with van der Waals surface area (Å²) in [5.41, 5.74) is 0. The normalized spacial score (nSPS) is 15.0. The molecule has 8 nitrogen and oxygen atoms in total. The molecule has 1 unspecified atom stereocenters. The fourth-order valence-corrected chi connectivity index (χ4v) is 6.06. The monoisotopic (exact) mass is 713 g/mol. The molecule has 0 heterocycles. The first-order chi connectivity index (χ1) is 23.5. The highest BCUT2D eigenvalue weighted by Crippen LogP contribution is 2.38. The molecule has 288 valence electrons. The third kappa shape index (κ3) is 34.9. The van der Waals surface area contributed by atoms with E-state index in [4.69, 9.17) is 9.05 Å². The van der Waals surface area contributed by atoms with Crippen LogP contribution in [-0.4, -0.2) is 68.5 Å². The molecule has 9 heteroatoms. The number of phosphoric acid groups is 1. The van der Waals surface area contributed by atoms with Crippen molar-refractivity contribution in [2.75, 3.05) is 40.9 Å². The fraction of sp³-hybridized carbons (Fsp3) is 0.825. The van der Waals surface area contributed by atoms with Gasteiger partial charge in [-0.15, -0.1) is 0 Å². The van der Waals surface area contributed by atoms with Crippen LogP contribution >= 0.6 is 7.82 Å². The number of phosphoric ester groups is 1. The number of allylic oxidation sites excluding steroid dienone is 5. The number of quaternary nitrogens is 1. The van der Waals surface area contributed by atoms with Gasteiger partial charge in [0.1, 0.15) is 13.2 Å². The third-order valence-corrected chi connectivity index (χ3v) is 9.54. The molecule has 49 heavy (non-hydrogen) atoms. The molecule has 0 aromatic heterocycles. The van der Waals surface area contributed by atoms with Crippen LogP contribution in [0, 0.1) is 0 Å². The molecule has 0 rings (SSSR count). The van der Waals surface area contributed by atoms with Crippen molar-refractivity contribution in [2.24, 2.45) is 0 Å². The van der Waals surface area contributed by atoms with Crippen LogP contribution in [0.4, 0.5) is 0 Å². The molecule has 0 saturated heterocycles. The largest absolute Gasteiger partial charge is 0.756 e. The number of hydrogen-bond donors (Lipinski definition) is 2. The SMILES string of the molecule is CCCCCCC/C=C/CCCCCCCC(=O)N[C@@H](COP(=O)([O-])OCC[N+](C)(C)C)[C@H](O)/C=C/CC/C=C/CCCCCCCCC. The molecular formula is C40H77N2O6P. The summed E-state index contributed by atoms with van der Waals surface area (Å²) in [7, 11) is 1.23. The van der Waals surface area contributed by atoms with Crippen molar-refractivity contribution in [1.29, 1.82) is 0 Å². The number of aliphatic hydroxyl groups is 1. The summed E-state index contributed by atoms with van der Waals surface area (Å²) < 4.78 is 23.1. The Bertz CT molecular complexity index is 902.